The third kappa shape index (κ3) is 1.45. The molecule has 1 rings (SSSR count). The van der Waals surface area contributed by atoms with Crippen LogP contribution in [0.3, 0.4) is 0 Å². The van der Waals surface area contributed by atoms with Crippen LogP contribution >= 0.6 is 0 Å². The van der Waals surface area contributed by atoms with E-state index in [2.05, 4.69) is 9.97 Å². The first-order valence-corrected chi connectivity index (χ1v) is 2.66. The molecule has 0 radical (unpaired) electrons. The molecule has 0 atom stereocenters. The van der Waals surface area contributed by atoms with Crippen molar-refractivity contribution in [3.8, 4) is 0 Å². The van der Waals surface area contributed by atoms with E-state index in [0.29, 0.717) is 0 Å². The van der Waals surface area contributed by atoms with E-state index in [1.165, 1.54) is 0 Å². The minimum Gasteiger partial charge on any atom is -0.242 e. The fourth-order valence-electron chi connectivity index (χ4n) is 0.488. The van der Waals surface area contributed by atoms with Crippen molar-refractivity contribution in [1.29, 1.82) is 0 Å². The Balaban J connectivity index is 2.88. The van der Waals surface area contributed by atoms with Gasteiger partial charge >= 0.3 is 0 Å². The topological polar surface area (TPSA) is 25.8 Å². The Hall–Kier alpha value is -0.990. The lowest BCUT2D eigenvalue weighted by Crippen LogP contribution is -1.89. The maximum absolute atomic E-state index is 11.7. The molecule has 0 unspecified atom stereocenters. The van der Waals surface area contributed by atoms with Gasteiger partial charge in [0.25, 0.3) is 0 Å². The van der Waals surface area contributed by atoms with Gasteiger partial charge in [0.05, 0.1) is 0 Å². The molecule has 0 spiro atoms. The molecule has 9 heavy (non-hydrogen) atoms. The SMILES string of the molecule is Cc1cnc(CF)nc1. The van der Waals surface area contributed by atoms with Gasteiger partial charge in [-0.2, -0.15) is 0 Å². The lowest BCUT2D eigenvalue weighted by molar-refractivity contribution is 0.465. The molecule has 0 fully saturated rings. The first kappa shape index (κ1) is 6.13. The number of hydrogen-bond donors (Lipinski definition) is 0. The highest BCUT2D eigenvalue weighted by molar-refractivity contribution is 5.00. The Morgan fingerprint density at radius 2 is 2.00 bits per heavy atom. The van der Waals surface area contributed by atoms with Crippen LogP contribution in [0, 0.1) is 6.92 Å². The Kier molecular flexibility index (Phi) is 1.72. The summed E-state index contributed by atoms with van der Waals surface area (Å²) in [5.74, 6) is 0.251. The fraction of sp³-hybridized carbons (Fsp3) is 0.333. The Bertz CT molecular complexity index is 183. The number of rotatable bonds is 1. The van der Waals surface area contributed by atoms with Crippen LogP contribution in [0.2, 0.25) is 0 Å². The highest BCUT2D eigenvalue weighted by Gasteiger charge is 1.90. The maximum atomic E-state index is 11.7. The molecule has 0 amide bonds. The normalized spacial score (nSPS) is 9.56. The number of hydrogen-bond acceptors (Lipinski definition) is 2. The van der Waals surface area contributed by atoms with Crippen molar-refractivity contribution in [3.05, 3.63) is 23.8 Å². The molecule has 1 aromatic heterocycles. The van der Waals surface area contributed by atoms with E-state index in [1.807, 2.05) is 6.92 Å². The molecule has 2 nitrogen and oxygen atoms in total. The zero-order valence-electron chi connectivity index (χ0n) is 5.13. The van der Waals surface area contributed by atoms with Gasteiger partial charge in [-0.15, -0.1) is 0 Å². The van der Waals surface area contributed by atoms with Gasteiger partial charge in [-0.05, 0) is 12.5 Å². The minimum atomic E-state index is -0.583. The van der Waals surface area contributed by atoms with Gasteiger partial charge in [-0.1, -0.05) is 0 Å². The number of alkyl halides is 1. The highest BCUT2D eigenvalue weighted by atomic mass is 19.1. The molecule has 0 aliphatic rings. The van der Waals surface area contributed by atoms with E-state index in [9.17, 15) is 4.39 Å². The molecular weight excluding hydrogens is 119 g/mol. The average molecular weight is 126 g/mol. The molecule has 3 heteroatoms. The molecule has 0 saturated heterocycles. The first-order valence-electron chi connectivity index (χ1n) is 2.66. The van der Waals surface area contributed by atoms with Crippen molar-refractivity contribution in [2.75, 3.05) is 0 Å². The van der Waals surface area contributed by atoms with Crippen molar-refractivity contribution >= 4 is 0 Å². The van der Waals surface area contributed by atoms with Crippen LogP contribution in [0.15, 0.2) is 12.4 Å². The van der Waals surface area contributed by atoms with Gasteiger partial charge in [0.1, 0.15) is 6.67 Å². The summed E-state index contributed by atoms with van der Waals surface area (Å²) in [5, 5.41) is 0. The largest absolute Gasteiger partial charge is 0.242 e. The van der Waals surface area contributed by atoms with Gasteiger partial charge in [0.15, 0.2) is 5.82 Å². The van der Waals surface area contributed by atoms with E-state index in [-0.39, 0.29) is 5.82 Å². The summed E-state index contributed by atoms with van der Waals surface area (Å²) in [6, 6.07) is 0. The van der Waals surface area contributed by atoms with Gasteiger partial charge in [-0.25, -0.2) is 14.4 Å². The van der Waals surface area contributed by atoms with Crippen molar-refractivity contribution in [2.45, 2.75) is 13.6 Å². The number of nitrogens with zero attached hydrogens (tertiary/aromatic N) is 2. The van der Waals surface area contributed by atoms with Gasteiger partial charge in [0, 0.05) is 12.4 Å². The predicted octanol–water partition coefficient (Wildman–Crippen LogP) is 1.25. The summed E-state index contributed by atoms with van der Waals surface area (Å²) in [7, 11) is 0. The summed E-state index contributed by atoms with van der Waals surface area (Å²) in [4.78, 5) is 7.42. The third-order valence-electron chi connectivity index (χ3n) is 0.954. The Labute approximate surface area is 52.8 Å². The predicted molar refractivity (Wildman–Crippen MR) is 31.6 cm³/mol. The van der Waals surface area contributed by atoms with Crippen molar-refractivity contribution in [2.24, 2.45) is 0 Å². The monoisotopic (exact) mass is 126 g/mol. The van der Waals surface area contributed by atoms with Gasteiger partial charge < -0.3 is 0 Å². The van der Waals surface area contributed by atoms with E-state index in [4.69, 9.17) is 0 Å². The summed E-state index contributed by atoms with van der Waals surface area (Å²) in [6.07, 6.45) is 3.20. The van der Waals surface area contributed by atoms with Crippen LogP contribution in [-0.2, 0) is 6.67 Å². The van der Waals surface area contributed by atoms with Crippen LogP contribution in [0.1, 0.15) is 11.4 Å². The highest BCUT2D eigenvalue weighted by Crippen LogP contribution is 1.93. The van der Waals surface area contributed by atoms with Crippen LogP contribution in [0.25, 0.3) is 0 Å². The average Bonchev–Trinajstić information content (AvgIpc) is 1.90. The minimum absolute atomic E-state index is 0.251. The van der Waals surface area contributed by atoms with Crippen LogP contribution in [0.4, 0.5) is 4.39 Å². The lowest BCUT2D eigenvalue weighted by Gasteiger charge is -1.90. The second-order valence-electron chi connectivity index (χ2n) is 1.81. The first-order chi connectivity index (χ1) is 4.33. The summed E-state index contributed by atoms with van der Waals surface area (Å²) in [5.41, 5.74) is 0.951. The van der Waals surface area contributed by atoms with Gasteiger partial charge in [0.2, 0.25) is 0 Å². The van der Waals surface area contributed by atoms with Crippen molar-refractivity contribution in [1.82, 2.24) is 9.97 Å². The van der Waals surface area contributed by atoms with E-state index < -0.39 is 6.67 Å². The number of aryl methyl sites for hydroxylation is 1. The Morgan fingerprint density at radius 3 is 2.44 bits per heavy atom. The summed E-state index contributed by atoms with van der Waals surface area (Å²) in [6.45, 7) is 1.28. The Morgan fingerprint density at radius 1 is 1.44 bits per heavy atom. The number of aromatic nitrogens is 2. The van der Waals surface area contributed by atoms with Gasteiger partial charge in [-0.3, -0.25) is 0 Å². The number of halogens is 1. The molecule has 1 heterocycles. The molecule has 0 aliphatic heterocycles. The quantitative estimate of drug-likeness (QED) is 0.566. The van der Waals surface area contributed by atoms with E-state index in [1.54, 1.807) is 12.4 Å². The van der Waals surface area contributed by atoms with E-state index in [0.717, 1.165) is 5.56 Å². The molecule has 0 aromatic carbocycles. The maximum Gasteiger partial charge on any atom is 0.159 e. The van der Waals surface area contributed by atoms with Crippen molar-refractivity contribution in [3.63, 3.8) is 0 Å². The van der Waals surface area contributed by atoms with Crippen LogP contribution in [-0.4, -0.2) is 9.97 Å². The molecule has 0 saturated carbocycles. The lowest BCUT2D eigenvalue weighted by atomic mass is 10.4. The summed E-state index contributed by atoms with van der Waals surface area (Å²) >= 11 is 0. The fourth-order valence-corrected chi connectivity index (χ4v) is 0.488. The zero-order chi connectivity index (χ0) is 6.69. The molecule has 0 bridgehead atoms. The molecule has 1 aromatic rings. The third-order valence-corrected chi connectivity index (χ3v) is 0.954. The standard InChI is InChI=1S/C6H7FN2/c1-5-3-8-6(2-7)9-4-5/h3-4H,2H2,1H3. The summed E-state index contributed by atoms with van der Waals surface area (Å²) < 4.78 is 11.7. The smallest absolute Gasteiger partial charge is 0.159 e. The second kappa shape index (κ2) is 2.53. The van der Waals surface area contributed by atoms with Crippen LogP contribution < -0.4 is 0 Å². The zero-order valence-corrected chi connectivity index (χ0v) is 5.13. The molecule has 0 N–H and O–H groups in total. The van der Waals surface area contributed by atoms with Crippen LogP contribution in [0.5, 0.6) is 0 Å². The molecular formula is C6H7FN2. The second-order valence-corrected chi connectivity index (χ2v) is 1.81. The molecule has 0 aliphatic carbocycles. The van der Waals surface area contributed by atoms with Crippen molar-refractivity contribution < 1.29 is 4.39 Å². The molecule has 48 valence electrons. The van der Waals surface area contributed by atoms with E-state index >= 15 is 0 Å².